The fourth-order valence-electron chi connectivity index (χ4n) is 2.96. The first-order valence-corrected chi connectivity index (χ1v) is 7.60. The van der Waals surface area contributed by atoms with Crippen molar-refractivity contribution in [2.75, 3.05) is 13.2 Å². The van der Waals surface area contributed by atoms with Crippen LogP contribution >= 0.6 is 23.2 Å². The predicted octanol–water partition coefficient (Wildman–Crippen LogP) is 2.31. The molecular weight excluding hydrogens is 325 g/mol. The van der Waals surface area contributed by atoms with E-state index in [2.05, 4.69) is 17.2 Å². The fourth-order valence-corrected chi connectivity index (χ4v) is 3.67. The van der Waals surface area contributed by atoms with Gasteiger partial charge in [-0.2, -0.15) is 0 Å². The normalized spacial score (nSPS) is 27.0. The Morgan fingerprint density at radius 2 is 2.00 bits per heavy atom. The van der Waals surface area contributed by atoms with Gasteiger partial charge >= 0.3 is 0 Å². The molecule has 0 bridgehead atoms. The summed E-state index contributed by atoms with van der Waals surface area (Å²) in [5, 5.41) is 3.31. The first-order chi connectivity index (χ1) is 10.5. The van der Waals surface area contributed by atoms with E-state index in [-0.39, 0.29) is 28.3 Å². The van der Waals surface area contributed by atoms with Crippen LogP contribution in [0.15, 0.2) is 12.1 Å². The molecule has 1 amide bonds. The maximum Gasteiger partial charge on any atom is 0.236 e. The number of Topliss-reactive ketones (excluding diaryl/α,β-unsaturated/α-hetero) is 1. The standard InChI is InChI=1S/C16H13Cl2NO3/c1-2-3-9-6-10(17)12(11(18)7-9)13-14(20)16(19-15(13)21)4-5-22-8-16/h6-7,13H,4-5,8H2,1H3,(H,19,21). The van der Waals surface area contributed by atoms with Crippen molar-refractivity contribution in [1.82, 2.24) is 5.32 Å². The Balaban J connectivity index is 2.05. The minimum Gasteiger partial charge on any atom is -0.378 e. The zero-order valence-corrected chi connectivity index (χ0v) is 13.3. The molecule has 114 valence electrons. The third-order valence-electron chi connectivity index (χ3n) is 4.02. The molecule has 2 aliphatic heterocycles. The lowest BCUT2D eigenvalue weighted by molar-refractivity contribution is -0.125. The van der Waals surface area contributed by atoms with Gasteiger partial charge in [-0.3, -0.25) is 9.59 Å². The summed E-state index contributed by atoms with van der Waals surface area (Å²) in [5.41, 5.74) is 0.0540. The van der Waals surface area contributed by atoms with Crippen molar-refractivity contribution in [2.45, 2.75) is 24.8 Å². The number of benzene rings is 1. The highest BCUT2D eigenvalue weighted by Crippen LogP contribution is 2.40. The van der Waals surface area contributed by atoms with E-state index in [0.29, 0.717) is 24.2 Å². The summed E-state index contributed by atoms with van der Waals surface area (Å²) in [6.07, 6.45) is 0.475. The third kappa shape index (κ3) is 2.30. The van der Waals surface area contributed by atoms with Crippen LogP contribution in [-0.4, -0.2) is 30.4 Å². The maximum atomic E-state index is 12.7. The van der Waals surface area contributed by atoms with Crippen LogP contribution in [0.5, 0.6) is 0 Å². The van der Waals surface area contributed by atoms with E-state index < -0.39 is 11.5 Å². The second-order valence-corrected chi connectivity index (χ2v) is 6.21. The summed E-state index contributed by atoms with van der Waals surface area (Å²) >= 11 is 12.5. The van der Waals surface area contributed by atoms with Gasteiger partial charge in [0.2, 0.25) is 5.91 Å². The zero-order chi connectivity index (χ0) is 15.9. The van der Waals surface area contributed by atoms with Gasteiger partial charge in [0, 0.05) is 34.2 Å². The second kappa shape index (κ2) is 5.58. The number of carbonyl (C=O) groups excluding carboxylic acids is 2. The summed E-state index contributed by atoms with van der Waals surface area (Å²) in [4.78, 5) is 25.1. The minimum atomic E-state index is -0.995. The molecule has 1 aromatic rings. The van der Waals surface area contributed by atoms with Gasteiger partial charge < -0.3 is 10.1 Å². The fraction of sp³-hybridized carbons (Fsp3) is 0.375. The smallest absolute Gasteiger partial charge is 0.236 e. The molecule has 2 heterocycles. The molecule has 0 aliphatic carbocycles. The summed E-state index contributed by atoms with van der Waals surface area (Å²) in [5.74, 6) is 4.00. The largest absolute Gasteiger partial charge is 0.378 e. The number of ketones is 1. The lowest BCUT2D eigenvalue weighted by atomic mass is 9.86. The molecule has 1 spiro atoms. The Morgan fingerprint density at radius 1 is 1.32 bits per heavy atom. The van der Waals surface area contributed by atoms with Crippen LogP contribution < -0.4 is 5.32 Å². The summed E-state index contributed by atoms with van der Waals surface area (Å²) < 4.78 is 5.28. The highest BCUT2D eigenvalue weighted by molar-refractivity contribution is 6.38. The average Bonchev–Trinajstić information content (AvgIpc) is 3.00. The van der Waals surface area contributed by atoms with Crippen LogP contribution in [0.2, 0.25) is 10.0 Å². The van der Waals surface area contributed by atoms with E-state index >= 15 is 0 Å². The summed E-state index contributed by atoms with van der Waals surface area (Å²) in [6, 6.07) is 3.24. The van der Waals surface area contributed by atoms with Crippen molar-refractivity contribution >= 4 is 34.9 Å². The molecule has 2 unspecified atom stereocenters. The third-order valence-corrected chi connectivity index (χ3v) is 4.64. The molecule has 4 nitrogen and oxygen atoms in total. The van der Waals surface area contributed by atoms with E-state index in [1.165, 1.54) is 0 Å². The Kier molecular flexibility index (Phi) is 3.90. The number of carbonyl (C=O) groups is 2. The minimum absolute atomic E-state index is 0.197. The van der Waals surface area contributed by atoms with Crippen LogP contribution in [0.3, 0.4) is 0 Å². The number of nitrogens with one attached hydrogen (secondary N) is 1. The number of hydrogen-bond acceptors (Lipinski definition) is 3. The van der Waals surface area contributed by atoms with Gasteiger partial charge in [-0.25, -0.2) is 0 Å². The van der Waals surface area contributed by atoms with Crippen molar-refractivity contribution in [3.05, 3.63) is 33.3 Å². The molecule has 22 heavy (non-hydrogen) atoms. The van der Waals surface area contributed by atoms with Crippen LogP contribution in [-0.2, 0) is 14.3 Å². The Morgan fingerprint density at radius 3 is 2.55 bits per heavy atom. The monoisotopic (exact) mass is 337 g/mol. The van der Waals surface area contributed by atoms with E-state index in [1.807, 2.05) is 0 Å². The van der Waals surface area contributed by atoms with E-state index in [4.69, 9.17) is 27.9 Å². The van der Waals surface area contributed by atoms with Crippen LogP contribution in [0.4, 0.5) is 0 Å². The molecule has 0 radical (unpaired) electrons. The van der Waals surface area contributed by atoms with Crippen molar-refractivity contribution < 1.29 is 14.3 Å². The van der Waals surface area contributed by atoms with Crippen molar-refractivity contribution in [3.8, 4) is 11.8 Å². The van der Waals surface area contributed by atoms with Crippen LogP contribution in [0.25, 0.3) is 0 Å². The quantitative estimate of drug-likeness (QED) is 0.632. The molecule has 6 heteroatoms. The molecular formula is C16H13Cl2NO3. The zero-order valence-electron chi connectivity index (χ0n) is 11.8. The van der Waals surface area contributed by atoms with Gasteiger partial charge in [-0.05, 0) is 19.1 Å². The summed E-state index contributed by atoms with van der Waals surface area (Å²) in [7, 11) is 0. The molecule has 2 saturated heterocycles. The Hall–Kier alpha value is -1.54. The van der Waals surface area contributed by atoms with Gasteiger partial charge in [-0.1, -0.05) is 29.1 Å². The second-order valence-electron chi connectivity index (χ2n) is 5.40. The highest BCUT2D eigenvalue weighted by Gasteiger charge is 2.55. The Bertz CT molecular complexity index is 704. The van der Waals surface area contributed by atoms with Crippen LogP contribution in [0.1, 0.15) is 30.4 Å². The topological polar surface area (TPSA) is 55.4 Å². The van der Waals surface area contributed by atoms with Crippen molar-refractivity contribution in [1.29, 1.82) is 0 Å². The van der Waals surface area contributed by atoms with E-state index in [9.17, 15) is 9.59 Å². The van der Waals surface area contributed by atoms with Crippen molar-refractivity contribution in [3.63, 3.8) is 0 Å². The number of rotatable bonds is 1. The Labute approximate surface area is 138 Å². The molecule has 0 saturated carbocycles. The summed E-state index contributed by atoms with van der Waals surface area (Å²) in [6.45, 7) is 2.35. The molecule has 2 atom stereocenters. The van der Waals surface area contributed by atoms with E-state index in [0.717, 1.165) is 0 Å². The molecule has 1 aromatic carbocycles. The molecule has 2 fully saturated rings. The molecule has 2 aliphatic rings. The number of hydrogen-bond donors (Lipinski definition) is 1. The van der Waals surface area contributed by atoms with Gasteiger partial charge in [0.05, 0.1) is 6.61 Å². The van der Waals surface area contributed by atoms with E-state index in [1.54, 1.807) is 19.1 Å². The van der Waals surface area contributed by atoms with Crippen molar-refractivity contribution in [2.24, 2.45) is 0 Å². The lowest BCUT2D eigenvalue weighted by Crippen LogP contribution is -2.47. The SMILES string of the molecule is CC#Cc1cc(Cl)c(C2C(=O)NC3(CCOC3)C2=O)c(Cl)c1. The number of amides is 1. The van der Waals surface area contributed by atoms with Gasteiger partial charge in [-0.15, -0.1) is 5.92 Å². The van der Waals surface area contributed by atoms with Gasteiger partial charge in [0.25, 0.3) is 0 Å². The number of ether oxygens (including phenoxy) is 1. The average molecular weight is 338 g/mol. The lowest BCUT2D eigenvalue weighted by Gasteiger charge is -2.19. The van der Waals surface area contributed by atoms with Gasteiger partial charge in [0.1, 0.15) is 11.5 Å². The molecule has 3 rings (SSSR count). The van der Waals surface area contributed by atoms with Gasteiger partial charge in [0.15, 0.2) is 5.78 Å². The molecule has 0 aromatic heterocycles. The van der Waals surface area contributed by atoms with Crippen LogP contribution in [0, 0.1) is 11.8 Å². The molecule has 1 N–H and O–H groups in total. The highest BCUT2D eigenvalue weighted by atomic mass is 35.5. The number of halogens is 2. The first kappa shape index (κ1) is 15.4. The first-order valence-electron chi connectivity index (χ1n) is 6.84. The maximum absolute atomic E-state index is 12.7. The predicted molar refractivity (Wildman–Crippen MR) is 83.1 cm³/mol.